The molecule has 4 N–H and O–H groups in total. The maximum absolute atomic E-state index is 13.3. The summed E-state index contributed by atoms with van der Waals surface area (Å²) in [6, 6.07) is 4.66. The van der Waals surface area contributed by atoms with Crippen LogP contribution in [-0.4, -0.2) is 29.8 Å². The van der Waals surface area contributed by atoms with Crippen molar-refractivity contribution in [3.05, 3.63) is 35.1 Å². The summed E-state index contributed by atoms with van der Waals surface area (Å²) in [5.74, 6) is 0.204. The van der Waals surface area contributed by atoms with E-state index in [0.717, 1.165) is 18.6 Å². The Morgan fingerprint density at radius 2 is 2.24 bits per heavy atom. The van der Waals surface area contributed by atoms with Crippen LogP contribution in [0, 0.1) is 11.7 Å². The molecule has 0 spiro atoms. The zero-order chi connectivity index (χ0) is 14.8. The number of rotatable bonds is 5. The Kier molecular flexibility index (Phi) is 4.07. The highest BCUT2D eigenvalue weighted by atomic mass is 19.1. The second-order valence-corrected chi connectivity index (χ2v) is 5.74. The minimum absolute atomic E-state index is 0.0762. The van der Waals surface area contributed by atoms with Crippen molar-refractivity contribution in [1.82, 2.24) is 5.32 Å². The van der Waals surface area contributed by atoms with Crippen LogP contribution in [0.25, 0.3) is 0 Å². The number of nitrogens with two attached hydrogens (primary N) is 1. The van der Waals surface area contributed by atoms with Gasteiger partial charge >= 0.3 is 0 Å². The van der Waals surface area contributed by atoms with Gasteiger partial charge in [-0.1, -0.05) is 11.2 Å². The molecule has 2 atom stereocenters. The molecule has 1 saturated carbocycles. The molecule has 2 fully saturated rings. The normalized spacial score (nSPS) is 26.2. The van der Waals surface area contributed by atoms with Crippen LogP contribution >= 0.6 is 0 Å². The molecule has 1 aromatic rings. The van der Waals surface area contributed by atoms with Gasteiger partial charge in [-0.15, -0.1) is 0 Å². The summed E-state index contributed by atoms with van der Waals surface area (Å²) in [6.07, 6.45) is 3.77. The number of amidine groups is 1. The quantitative estimate of drug-likeness (QED) is 0.333. The van der Waals surface area contributed by atoms with E-state index in [9.17, 15) is 4.39 Å². The van der Waals surface area contributed by atoms with Gasteiger partial charge in [0, 0.05) is 24.8 Å². The molecule has 1 aromatic carbocycles. The van der Waals surface area contributed by atoms with Crippen molar-refractivity contribution in [3.63, 3.8) is 0 Å². The fourth-order valence-corrected chi connectivity index (χ4v) is 2.96. The summed E-state index contributed by atoms with van der Waals surface area (Å²) in [4.78, 5) is 0. The first-order chi connectivity index (χ1) is 10.2. The van der Waals surface area contributed by atoms with Gasteiger partial charge in [-0.2, -0.15) is 0 Å². The number of hydrogen-bond donors (Lipinski definition) is 3. The zero-order valence-corrected chi connectivity index (χ0v) is 11.8. The molecule has 1 saturated heterocycles. The Morgan fingerprint density at radius 1 is 1.43 bits per heavy atom. The van der Waals surface area contributed by atoms with E-state index in [2.05, 4.69) is 10.5 Å². The maximum Gasteiger partial charge on any atom is 0.170 e. The number of halogens is 1. The molecule has 0 amide bonds. The Morgan fingerprint density at radius 3 is 2.95 bits per heavy atom. The molecule has 21 heavy (non-hydrogen) atoms. The summed E-state index contributed by atoms with van der Waals surface area (Å²) in [5, 5.41) is 15.2. The molecule has 2 aliphatic rings. The van der Waals surface area contributed by atoms with Crippen molar-refractivity contribution < 1.29 is 14.3 Å². The minimum Gasteiger partial charge on any atom is -0.409 e. The Hall–Kier alpha value is -1.66. The summed E-state index contributed by atoms with van der Waals surface area (Å²) < 4.78 is 19.1. The van der Waals surface area contributed by atoms with Crippen LogP contribution in [0.1, 0.15) is 30.4 Å². The molecule has 114 valence electrons. The van der Waals surface area contributed by atoms with Crippen LogP contribution in [0.3, 0.4) is 0 Å². The van der Waals surface area contributed by atoms with Crippen molar-refractivity contribution in [2.75, 3.05) is 6.61 Å². The van der Waals surface area contributed by atoms with Gasteiger partial charge in [-0.3, -0.25) is 0 Å². The SMILES string of the molecule is N/C(=N/O)c1cc(F)ccc1CNC1CCOC1C1CC1. The smallest absolute Gasteiger partial charge is 0.170 e. The molecule has 1 aliphatic heterocycles. The minimum atomic E-state index is -0.402. The van der Waals surface area contributed by atoms with Crippen molar-refractivity contribution in [2.24, 2.45) is 16.8 Å². The van der Waals surface area contributed by atoms with Crippen LogP contribution in [0.15, 0.2) is 23.4 Å². The van der Waals surface area contributed by atoms with Gasteiger partial charge in [0.15, 0.2) is 5.84 Å². The number of ether oxygens (including phenoxy) is 1. The topological polar surface area (TPSA) is 79.9 Å². The first-order valence-corrected chi connectivity index (χ1v) is 7.30. The molecule has 0 radical (unpaired) electrons. The van der Waals surface area contributed by atoms with E-state index in [0.29, 0.717) is 24.1 Å². The third-order valence-electron chi connectivity index (χ3n) is 4.23. The lowest BCUT2D eigenvalue weighted by molar-refractivity contribution is 0.0809. The van der Waals surface area contributed by atoms with E-state index >= 15 is 0 Å². The van der Waals surface area contributed by atoms with E-state index in [1.165, 1.54) is 25.0 Å². The standard InChI is InChI=1S/C15H20FN3O2/c16-11-4-3-10(12(7-11)15(17)19-20)8-18-13-5-6-21-14(13)9-1-2-9/h3-4,7,9,13-14,18,20H,1-2,5-6,8H2,(H2,17,19). The van der Waals surface area contributed by atoms with Gasteiger partial charge in [-0.05, 0) is 42.9 Å². The summed E-state index contributed by atoms with van der Waals surface area (Å²) in [7, 11) is 0. The van der Waals surface area contributed by atoms with E-state index in [1.807, 2.05) is 0 Å². The van der Waals surface area contributed by atoms with Crippen molar-refractivity contribution in [1.29, 1.82) is 0 Å². The monoisotopic (exact) mass is 293 g/mol. The maximum atomic E-state index is 13.3. The molecule has 2 unspecified atom stereocenters. The van der Waals surface area contributed by atoms with Gasteiger partial charge in [-0.25, -0.2) is 4.39 Å². The molecular formula is C15H20FN3O2. The fourth-order valence-electron chi connectivity index (χ4n) is 2.96. The molecule has 1 aliphatic carbocycles. The van der Waals surface area contributed by atoms with Crippen molar-refractivity contribution in [2.45, 2.75) is 38.0 Å². The molecule has 3 rings (SSSR count). The highest BCUT2D eigenvalue weighted by Crippen LogP contribution is 2.38. The van der Waals surface area contributed by atoms with E-state index < -0.39 is 5.82 Å². The van der Waals surface area contributed by atoms with E-state index in [4.69, 9.17) is 15.7 Å². The summed E-state index contributed by atoms with van der Waals surface area (Å²) >= 11 is 0. The molecular weight excluding hydrogens is 273 g/mol. The van der Waals surface area contributed by atoms with Crippen molar-refractivity contribution in [3.8, 4) is 0 Å². The average Bonchev–Trinajstić information content (AvgIpc) is 3.24. The Labute approximate surface area is 123 Å². The van der Waals surface area contributed by atoms with Crippen LogP contribution in [0.4, 0.5) is 4.39 Å². The largest absolute Gasteiger partial charge is 0.409 e. The summed E-state index contributed by atoms with van der Waals surface area (Å²) in [5.41, 5.74) is 6.85. The summed E-state index contributed by atoms with van der Waals surface area (Å²) in [6.45, 7) is 1.33. The van der Waals surface area contributed by atoms with E-state index in [1.54, 1.807) is 6.07 Å². The number of nitrogens with zero attached hydrogens (tertiary/aromatic N) is 1. The van der Waals surface area contributed by atoms with Gasteiger partial charge in [0.1, 0.15) is 5.82 Å². The molecule has 6 heteroatoms. The molecule has 0 aromatic heterocycles. The third-order valence-corrected chi connectivity index (χ3v) is 4.23. The second-order valence-electron chi connectivity index (χ2n) is 5.74. The first-order valence-electron chi connectivity index (χ1n) is 7.30. The van der Waals surface area contributed by atoms with Crippen LogP contribution in [0.5, 0.6) is 0 Å². The molecule has 1 heterocycles. The van der Waals surface area contributed by atoms with Crippen LogP contribution in [0.2, 0.25) is 0 Å². The number of benzene rings is 1. The van der Waals surface area contributed by atoms with Crippen LogP contribution in [-0.2, 0) is 11.3 Å². The second kappa shape index (κ2) is 5.99. The van der Waals surface area contributed by atoms with Gasteiger partial charge in [0.05, 0.1) is 6.10 Å². The third kappa shape index (κ3) is 3.16. The zero-order valence-electron chi connectivity index (χ0n) is 11.8. The highest BCUT2D eigenvalue weighted by Gasteiger charge is 2.40. The Bertz CT molecular complexity index is 546. The Balaban J connectivity index is 1.70. The predicted molar refractivity (Wildman–Crippen MR) is 76.6 cm³/mol. The van der Waals surface area contributed by atoms with Gasteiger partial charge in [0.2, 0.25) is 0 Å². The number of oxime groups is 1. The lowest BCUT2D eigenvalue weighted by Gasteiger charge is -2.20. The van der Waals surface area contributed by atoms with Crippen LogP contribution < -0.4 is 11.1 Å². The van der Waals surface area contributed by atoms with E-state index in [-0.39, 0.29) is 11.9 Å². The van der Waals surface area contributed by atoms with Gasteiger partial charge < -0.3 is 21.0 Å². The van der Waals surface area contributed by atoms with Gasteiger partial charge in [0.25, 0.3) is 0 Å². The number of hydrogen-bond acceptors (Lipinski definition) is 4. The molecule has 0 bridgehead atoms. The molecule has 5 nitrogen and oxygen atoms in total. The first kappa shape index (κ1) is 14.3. The lowest BCUT2D eigenvalue weighted by atomic mass is 10.0. The average molecular weight is 293 g/mol. The highest BCUT2D eigenvalue weighted by molar-refractivity contribution is 5.98. The van der Waals surface area contributed by atoms with Crippen molar-refractivity contribution >= 4 is 5.84 Å². The lowest BCUT2D eigenvalue weighted by Crippen LogP contribution is -2.37. The predicted octanol–water partition coefficient (Wildman–Crippen LogP) is 1.58. The number of nitrogens with one attached hydrogen (secondary N) is 1. The fraction of sp³-hybridized carbons (Fsp3) is 0.533.